The minimum atomic E-state index is -0.0172. The Morgan fingerprint density at radius 2 is 1.81 bits per heavy atom. The molecule has 27 heavy (non-hydrogen) atoms. The zero-order valence-corrected chi connectivity index (χ0v) is 17.6. The van der Waals surface area contributed by atoms with Crippen LogP contribution < -0.4 is 15.5 Å². The van der Waals surface area contributed by atoms with E-state index in [2.05, 4.69) is 36.5 Å². The average molecular weight is 432 g/mol. The van der Waals surface area contributed by atoms with Gasteiger partial charge in [-0.25, -0.2) is 4.98 Å². The normalized spacial score (nSPS) is 19.4. The van der Waals surface area contributed by atoms with Crippen molar-refractivity contribution >= 4 is 33.6 Å². The lowest BCUT2D eigenvalue weighted by Crippen LogP contribution is -2.40. The van der Waals surface area contributed by atoms with Gasteiger partial charge in [0.15, 0.2) is 0 Å². The van der Waals surface area contributed by atoms with Gasteiger partial charge in [0, 0.05) is 42.4 Å². The fraction of sp³-hybridized carbons (Fsp3) is 0.450. The molecule has 0 atom stereocenters. The topological polar surface area (TPSA) is 70.1 Å². The van der Waals surface area contributed by atoms with Gasteiger partial charge in [0.1, 0.15) is 5.82 Å². The van der Waals surface area contributed by atoms with E-state index in [9.17, 15) is 4.79 Å². The number of anilines is 2. The van der Waals surface area contributed by atoms with Gasteiger partial charge in [0.05, 0.1) is 5.56 Å². The lowest BCUT2D eigenvalue weighted by Gasteiger charge is -2.30. The maximum absolute atomic E-state index is 12.5. The Morgan fingerprint density at radius 3 is 2.48 bits per heavy atom. The highest BCUT2D eigenvalue weighted by Crippen LogP contribution is 2.23. The molecule has 0 saturated heterocycles. The highest BCUT2D eigenvalue weighted by molar-refractivity contribution is 9.10. The summed E-state index contributed by atoms with van der Waals surface area (Å²) in [4.78, 5) is 23.5. The molecule has 1 fully saturated rings. The molecule has 7 heteroatoms. The van der Waals surface area contributed by atoms with Gasteiger partial charge in [-0.3, -0.25) is 4.79 Å². The highest BCUT2D eigenvalue weighted by atomic mass is 79.9. The third-order valence-corrected chi connectivity index (χ3v) is 5.57. The average Bonchev–Trinajstić information content (AvgIpc) is 2.65. The smallest absolute Gasteiger partial charge is 0.252 e. The molecule has 1 saturated carbocycles. The summed E-state index contributed by atoms with van der Waals surface area (Å²) >= 11 is 3.44. The van der Waals surface area contributed by atoms with E-state index in [4.69, 9.17) is 0 Å². The second-order valence-corrected chi connectivity index (χ2v) is 8.10. The summed E-state index contributed by atoms with van der Waals surface area (Å²) in [5.41, 5.74) is 1.74. The van der Waals surface area contributed by atoms with Crippen molar-refractivity contribution < 1.29 is 4.79 Å². The number of nitrogens with one attached hydrogen (secondary N) is 2. The van der Waals surface area contributed by atoms with E-state index in [1.807, 2.05) is 56.4 Å². The lowest BCUT2D eigenvalue weighted by molar-refractivity contribution is 0.0926. The SMILES string of the molecule is Cc1cnc(N[C@H]2CC[C@@H](NC(=O)c3ccccc3Br)CC2)nc1N(C)C. The van der Waals surface area contributed by atoms with Crippen molar-refractivity contribution in [1.82, 2.24) is 15.3 Å². The quantitative estimate of drug-likeness (QED) is 0.753. The highest BCUT2D eigenvalue weighted by Gasteiger charge is 2.24. The number of carbonyl (C=O) groups is 1. The Kier molecular flexibility index (Phi) is 6.31. The molecule has 2 aromatic rings. The number of aromatic nitrogens is 2. The summed E-state index contributed by atoms with van der Waals surface area (Å²) in [5, 5.41) is 6.61. The standard InChI is InChI=1S/C20H26BrN5O/c1-13-12-22-20(25-18(13)26(2)3)24-15-10-8-14(9-11-15)23-19(27)16-6-4-5-7-17(16)21/h4-7,12,14-15H,8-11H2,1-3H3,(H,23,27)(H,22,24,25)/t14-,15+. The fourth-order valence-corrected chi connectivity index (χ4v) is 3.89. The van der Waals surface area contributed by atoms with Crippen LogP contribution in [0.1, 0.15) is 41.6 Å². The summed E-state index contributed by atoms with van der Waals surface area (Å²) in [6.07, 6.45) is 5.71. The molecule has 0 bridgehead atoms. The zero-order valence-electron chi connectivity index (χ0n) is 16.0. The Morgan fingerprint density at radius 1 is 1.15 bits per heavy atom. The number of hydrogen-bond donors (Lipinski definition) is 2. The van der Waals surface area contributed by atoms with E-state index in [0.717, 1.165) is 41.5 Å². The predicted octanol–water partition coefficient (Wildman–Crippen LogP) is 3.77. The van der Waals surface area contributed by atoms with E-state index in [1.54, 1.807) is 0 Å². The van der Waals surface area contributed by atoms with E-state index in [-0.39, 0.29) is 11.9 Å². The number of nitrogens with zero attached hydrogens (tertiary/aromatic N) is 3. The lowest BCUT2D eigenvalue weighted by atomic mass is 9.91. The number of hydrogen-bond acceptors (Lipinski definition) is 5. The number of rotatable bonds is 5. The van der Waals surface area contributed by atoms with Crippen molar-refractivity contribution in [2.75, 3.05) is 24.3 Å². The van der Waals surface area contributed by atoms with Crippen molar-refractivity contribution in [3.8, 4) is 0 Å². The van der Waals surface area contributed by atoms with Gasteiger partial charge in [-0.1, -0.05) is 12.1 Å². The first-order chi connectivity index (χ1) is 12.9. The summed E-state index contributed by atoms with van der Waals surface area (Å²) in [5.74, 6) is 1.59. The first-order valence-electron chi connectivity index (χ1n) is 9.27. The Labute approximate surface area is 168 Å². The van der Waals surface area contributed by atoms with Gasteiger partial charge in [-0.2, -0.15) is 4.98 Å². The molecule has 1 aliphatic rings. The van der Waals surface area contributed by atoms with Crippen LogP contribution in [0.3, 0.4) is 0 Å². The molecule has 1 amide bonds. The third kappa shape index (κ3) is 4.97. The van der Waals surface area contributed by atoms with Crippen LogP contribution in [0.5, 0.6) is 0 Å². The second-order valence-electron chi connectivity index (χ2n) is 7.24. The minimum absolute atomic E-state index is 0.0172. The molecule has 6 nitrogen and oxygen atoms in total. The van der Waals surface area contributed by atoms with Crippen molar-refractivity contribution in [2.45, 2.75) is 44.7 Å². The van der Waals surface area contributed by atoms with E-state index < -0.39 is 0 Å². The third-order valence-electron chi connectivity index (χ3n) is 4.88. The number of benzene rings is 1. The van der Waals surface area contributed by atoms with Crippen LogP contribution >= 0.6 is 15.9 Å². The van der Waals surface area contributed by atoms with Crippen LogP contribution in [0.4, 0.5) is 11.8 Å². The van der Waals surface area contributed by atoms with Gasteiger partial charge in [0.2, 0.25) is 5.95 Å². The molecule has 2 N–H and O–H groups in total. The fourth-order valence-electron chi connectivity index (χ4n) is 3.43. The predicted molar refractivity (Wildman–Crippen MR) is 112 cm³/mol. The van der Waals surface area contributed by atoms with Crippen LogP contribution in [-0.4, -0.2) is 42.1 Å². The van der Waals surface area contributed by atoms with Gasteiger partial charge in [-0.15, -0.1) is 0 Å². The first kappa shape index (κ1) is 19.6. The van der Waals surface area contributed by atoms with Gasteiger partial charge >= 0.3 is 0 Å². The minimum Gasteiger partial charge on any atom is -0.362 e. The maximum atomic E-state index is 12.5. The molecule has 1 heterocycles. The summed E-state index contributed by atoms with van der Waals surface area (Å²) in [6, 6.07) is 8.05. The molecular formula is C20H26BrN5O. The maximum Gasteiger partial charge on any atom is 0.252 e. The van der Waals surface area contributed by atoms with Crippen molar-refractivity contribution in [1.29, 1.82) is 0 Å². The molecule has 1 aliphatic carbocycles. The van der Waals surface area contributed by atoms with E-state index >= 15 is 0 Å². The molecule has 3 rings (SSSR count). The monoisotopic (exact) mass is 431 g/mol. The van der Waals surface area contributed by atoms with Gasteiger partial charge in [0.25, 0.3) is 5.91 Å². The Balaban J connectivity index is 1.53. The molecule has 1 aromatic heterocycles. The van der Waals surface area contributed by atoms with Crippen molar-refractivity contribution in [3.63, 3.8) is 0 Å². The first-order valence-corrected chi connectivity index (χ1v) is 10.1. The largest absolute Gasteiger partial charge is 0.362 e. The second kappa shape index (κ2) is 8.69. The molecular weight excluding hydrogens is 406 g/mol. The van der Waals surface area contributed by atoms with Crippen LogP contribution in [0.15, 0.2) is 34.9 Å². The molecule has 0 aliphatic heterocycles. The van der Waals surface area contributed by atoms with E-state index in [0.29, 0.717) is 17.6 Å². The summed E-state index contributed by atoms with van der Waals surface area (Å²) in [7, 11) is 3.97. The Hall–Kier alpha value is -2.15. The van der Waals surface area contributed by atoms with Crippen LogP contribution in [0.25, 0.3) is 0 Å². The number of amides is 1. The number of halogens is 1. The molecule has 0 radical (unpaired) electrons. The zero-order chi connectivity index (χ0) is 19.4. The van der Waals surface area contributed by atoms with Crippen LogP contribution in [0, 0.1) is 6.92 Å². The van der Waals surface area contributed by atoms with Crippen molar-refractivity contribution in [3.05, 3.63) is 46.1 Å². The Bertz CT molecular complexity index is 803. The van der Waals surface area contributed by atoms with Gasteiger partial charge in [-0.05, 0) is 60.7 Å². The summed E-state index contributed by atoms with van der Waals surface area (Å²) in [6.45, 7) is 2.01. The van der Waals surface area contributed by atoms with Gasteiger partial charge < -0.3 is 15.5 Å². The van der Waals surface area contributed by atoms with Crippen molar-refractivity contribution in [2.24, 2.45) is 0 Å². The molecule has 0 spiro atoms. The van der Waals surface area contributed by atoms with E-state index in [1.165, 1.54) is 0 Å². The molecule has 0 unspecified atom stereocenters. The summed E-state index contributed by atoms with van der Waals surface area (Å²) < 4.78 is 0.825. The molecule has 144 valence electrons. The number of carbonyl (C=O) groups excluding carboxylic acids is 1. The molecule has 1 aromatic carbocycles. The van der Waals surface area contributed by atoms with Crippen LogP contribution in [0.2, 0.25) is 0 Å². The number of aryl methyl sites for hydroxylation is 1. The van der Waals surface area contributed by atoms with Crippen LogP contribution in [-0.2, 0) is 0 Å².